The molecule has 1 amide bonds. The summed E-state index contributed by atoms with van der Waals surface area (Å²) in [4.78, 5) is 15.6. The molecular formula is C12H25N3O2. The van der Waals surface area contributed by atoms with Crippen LogP contribution in [0.3, 0.4) is 0 Å². The van der Waals surface area contributed by atoms with Crippen LogP contribution in [0.2, 0.25) is 0 Å². The first kappa shape index (κ1) is 14.4. The Hall–Kier alpha value is -0.650. The maximum absolute atomic E-state index is 11.6. The minimum absolute atomic E-state index is 0.194. The topological polar surface area (TPSA) is 44.8 Å². The molecule has 5 nitrogen and oxygen atoms in total. The maximum Gasteiger partial charge on any atom is 0.237 e. The molecule has 1 unspecified atom stereocenters. The molecular weight excluding hydrogens is 218 g/mol. The number of carbonyl (C=O) groups excluding carboxylic acids is 1. The summed E-state index contributed by atoms with van der Waals surface area (Å²) in [6.45, 7) is 5.58. The van der Waals surface area contributed by atoms with Crippen LogP contribution < -0.4 is 5.32 Å². The van der Waals surface area contributed by atoms with E-state index in [1.807, 2.05) is 19.0 Å². The second-order valence-corrected chi connectivity index (χ2v) is 4.69. The minimum atomic E-state index is 0.194. The van der Waals surface area contributed by atoms with Crippen molar-refractivity contribution >= 4 is 5.91 Å². The van der Waals surface area contributed by atoms with Gasteiger partial charge in [-0.3, -0.25) is 10.1 Å². The van der Waals surface area contributed by atoms with Gasteiger partial charge in [-0.05, 0) is 20.5 Å². The highest BCUT2D eigenvalue weighted by Gasteiger charge is 2.28. The third-order valence-corrected chi connectivity index (χ3v) is 2.91. The van der Waals surface area contributed by atoms with Gasteiger partial charge in [0.15, 0.2) is 0 Å². The van der Waals surface area contributed by atoms with Gasteiger partial charge in [-0.15, -0.1) is 0 Å². The van der Waals surface area contributed by atoms with E-state index in [1.54, 1.807) is 0 Å². The zero-order valence-electron chi connectivity index (χ0n) is 11.2. The molecule has 1 N–H and O–H groups in total. The van der Waals surface area contributed by atoms with Gasteiger partial charge >= 0.3 is 0 Å². The van der Waals surface area contributed by atoms with Crippen molar-refractivity contribution in [2.75, 3.05) is 46.9 Å². The summed E-state index contributed by atoms with van der Waals surface area (Å²) in [6.07, 6.45) is 2.32. The molecule has 0 saturated carbocycles. The van der Waals surface area contributed by atoms with Gasteiger partial charge in [0, 0.05) is 13.1 Å². The van der Waals surface area contributed by atoms with Crippen LogP contribution in [0.1, 0.15) is 19.8 Å². The molecule has 100 valence electrons. The second-order valence-electron chi connectivity index (χ2n) is 4.69. The molecule has 1 fully saturated rings. The Kier molecular flexibility index (Phi) is 6.47. The molecule has 0 spiro atoms. The van der Waals surface area contributed by atoms with Gasteiger partial charge in [-0.25, -0.2) is 0 Å². The lowest BCUT2D eigenvalue weighted by Crippen LogP contribution is -2.39. The van der Waals surface area contributed by atoms with Gasteiger partial charge in [0.05, 0.1) is 25.9 Å². The number of hydrogen-bond donors (Lipinski definition) is 1. The molecule has 1 heterocycles. The van der Waals surface area contributed by atoms with Crippen molar-refractivity contribution in [3.63, 3.8) is 0 Å². The van der Waals surface area contributed by atoms with Gasteiger partial charge in [0.25, 0.3) is 0 Å². The molecule has 1 aliphatic heterocycles. The van der Waals surface area contributed by atoms with Crippen molar-refractivity contribution < 1.29 is 9.53 Å². The summed E-state index contributed by atoms with van der Waals surface area (Å²) in [5, 5.41) is 3.23. The third-order valence-electron chi connectivity index (χ3n) is 2.91. The number of carbonyl (C=O) groups is 1. The van der Waals surface area contributed by atoms with E-state index in [0.717, 1.165) is 26.0 Å². The van der Waals surface area contributed by atoms with E-state index in [0.29, 0.717) is 19.7 Å². The minimum Gasteiger partial charge on any atom is -0.378 e. The molecule has 1 atom stereocenters. The van der Waals surface area contributed by atoms with Crippen LogP contribution in [0.5, 0.6) is 0 Å². The van der Waals surface area contributed by atoms with Crippen molar-refractivity contribution in [3.05, 3.63) is 0 Å². The monoisotopic (exact) mass is 243 g/mol. The average molecular weight is 243 g/mol. The Balaban J connectivity index is 2.17. The van der Waals surface area contributed by atoms with Crippen LogP contribution in [-0.4, -0.2) is 68.8 Å². The molecule has 0 aliphatic carbocycles. The average Bonchev–Trinajstić information content (AvgIpc) is 2.61. The fourth-order valence-electron chi connectivity index (χ4n) is 1.91. The lowest BCUT2D eigenvalue weighted by Gasteiger charge is -2.24. The van der Waals surface area contributed by atoms with Crippen LogP contribution in [-0.2, 0) is 9.53 Å². The van der Waals surface area contributed by atoms with Crippen LogP contribution in [0, 0.1) is 0 Å². The van der Waals surface area contributed by atoms with E-state index in [4.69, 9.17) is 4.74 Å². The van der Waals surface area contributed by atoms with Gasteiger partial charge < -0.3 is 14.5 Å². The van der Waals surface area contributed by atoms with E-state index in [-0.39, 0.29) is 12.1 Å². The lowest BCUT2D eigenvalue weighted by atomic mass is 10.2. The van der Waals surface area contributed by atoms with E-state index in [9.17, 15) is 4.79 Å². The molecule has 0 aromatic carbocycles. The first-order valence-electron chi connectivity index (χ1n) is 6.40. The van der Waals surface area contributed by atoms with E-state index < -0.39 is 0 Å². The number of amides is 1. The van der Waals surface area contributed by atoms with Crippen LogP contribution >= 0.6 is 0 Å². The highest BCUT2D eigenvalue weighted by atomic mass is 16.5. The quantitative estimate of drug-likeness (QED) is 0.615. The maximum atomic E-state index is 11.6. The van der Waals surface area contributed by atoms with Gasteiger partial charge in [0.2, 0.25) is 5.91 Å². The van der Waals surface area contributed by atoms with Crippen molar-refractivity contribution in [3.8, 4) is 0 Å². The van der Waals surface area contributed by atoms with Gasteiger partial charge in [-0.2, -0.15) is 0 Å². The number of rotatable bonds is 8. The number of nitrogens with one attached hydrogen (secondary N) is 1. The van der Waals surface area contributed by atoms with Crippen molar-refractivity contribution in [1.82, 2.24) is 15.1 Å². The van der Waals surface area contributed by atoms with Crippen LogP contribution in [0.4, 0.5) is 0 Å². The van der Waals surface area contributed by atoms with Crippen molar-refractivity contribution in [2.45, 2.75) is 25.9 Å². The molecule has 1 saturated heterocycles. The Morgan fingerprint density at radius 3 is 2.88 bits per heavy atom. The van der Waals surface area contributed by atoms with Gasteiger partial charge in [0.1, 0.15) is 0 Å². The zero-order valence-corrected chi connectivity index (χ0v) is 11.2. The fraction of sp³-hybridized carbons (Fsp3) is 0.917. The molecule has 17 heavy (non-hydrogen) atoms. The molecule has 0 bridgehead atoms. The molecule has 1 aliphatic rings. The number of likely N-dealkylation sites (N-methyl/N-ethyl adjacent to an activating group) is 1. The normalized spacial score (nSPS) is 20.6. The Labute approximate surface area is 104 Å². The SMILES string of the molecule is CCCC1NCC(=O)N1CCOCCN(C)C. The van der Waals surface area contributed by atoms with Crippen LogP contribution in [0.15, 0.2) is 0 Å². The third kappa shape index (κ3) is 5.02. The number of nitrogens with zero attached hydrogens (tertiary/aromatic N) is 2. The largest absolute Gasteiger partial charge is 0.378 e. The summed E-state index contributed by atoms with van der Waals surface area (Å²) in [7, 11) is 4.04. The summed E-state index contributed by atoms with van der Waals surface area (Å²) in [6, 6.07) is 0. The Morgan fingerprint density at radius 2 is 2.24 bits per heavy atom. The van der Waals surface area contributed by atoms with E-state index >= 15 is 0 Å². The van der Waals surface area contributed by atoms with E-state index in [2.05, 4.69) is 17.1 Å². The molecule has 0 aromatic heterocycles. The molecule has 1 rings (SSSR count). The highest BCUT2D eigenvalue weighted by molar-refractivity contribution is 5.80. The fourth-order valence-corrected chi connectivity index (χ4v) is 1.91. The van der Waals surface area contributed by atoms with Gasteiger partial charge in [-0.1, -0.05) is 13.3 Å². The summed E-state index contributed by atoms with van der Waals surface area (Å²) in [5.74, 6) is 0.194. The predicted octanol–water partition coefficient (Wildman–Crippen LogP) is 0.123. The highest BCUT2D eigenvalue weighted by Crippen LogP contribution is 2.09. The molecule has 5 heteroatoms. The summed E-state index contributed by atoms with van der Waals surface area (Å²) >= 11 is 0. The standard InChI is InChI=1S/C12H25N3O2/c1-4-5-11-13-10-12(16)15(11)7-9-17-8-6-14(2)3/h11,13H,4-10H2,1-3H3. The van der Waals surface area contributed by atoms with E-state index in [1.165, 1.54) is 0 Å². The van der Waals surface area contributed by atoms with Crippen LogP contribution in [0.25, 0.3) is 0 Å². The first-order chi connectivity index (χ1) is 8.15. The second kappa shape index (κ2) is 7.63. The first-order valence-corrected chi connectivity index (χ1v) is 6.40. The smallest absolute Gasteiger partial charge is 0.237 e. The lowest BCUT2D eigenvalue weighted by molar-refractivity contribution is -0.128. The summed E-state index contributed by atoms with van der Waals surface area (Å²) in [5.41, 5.74) is 0. The molecule has 0 radical (unpaired) electrons. The van der Waals surface area contributed by atoms with Crippen molar-refractivity contribution in [2.24, 2.45) is 0 Å². The number of ether oxygens (including phenoxy) is 1. The summed E-state index contributed by atoms with van der Waals surface area (Å²) < 4.78 is 5.52. The van der Waals surface area contributed by atoms with Crippen molar-refractivity contribution in [1.29, 1.82) is 0 Å². The Bertz CT molecular complexity index is 234. The number of hydrogen-bond acceptors (Lipinski definition) is 4. The predicted molar refractivity (Wildman–Crippen MR) is 67.8 cm³/mol. The Morgan fingerprint density at radius 1 is 1.47 bits per heavy atom. The zero-order chi connectivity index (χ0) is 12.7. The molecule has 0 aromatic rings.